The molecule has 1 aromatic carbocycles. The molecule has 3 heterocycles. The van der Waals surface area contributed by atoms with E-state index in [1.165, 1.54) is 28.4 Å². The van der Waals surface area contributed by atoms with Crippen molar-refractivity contribution in [1.82, 2.24) is 14.3 Å². The Morgan fingerprint density at radius 2 is 2.12 bits per heavy atom. The molecule has 1 unspecified atom stereocenters. The van der Waals surface area contributed by atoms with Gasteiger partial charge in [0.15, 0.2) is 0 Å². The Balaban J connectivity index is 1.84. The summed E-state index contributed by atoms with van der Waals surface area (Å²) >= 11 is 2.85. The van der Waals surface area contributed by atoms with Gasteiger partial charge in [0.1, 0.15) is 16.9 Å². The molecule has 0 amide bonds. The predicted octanol–water partition coefficient (Wildman–Crippen LogP) is 3.68. The van der Waals surface area contributed by atoms with Crippen LogP contribution in [0.4, 0.5) is 10.8 Å². The average molecular weight is 358 g/mol. The normalized spacial score (nSPS) is 18.4. The van der Waals surface area contributed by atoms with Crippen LogP contribution in [0.15, 0.2) is 36.1 Å². The summed E-state index contributed by atoms with van der Waals surface area (Å²) in [5.74, 6) is 0. The van der Waals surface area contributed by atoms with E-state index in [-0.39, 0.29) is 5.41 Å². The van der Waals surface area contributed by atoms with Crippen LogP contribution in [0.3, 0.4) is 0 Å². The zero-order valence-corrected chi connectivity index (χ0v) is 15.4. The maximum absolute atomic E-state index is 11.0. The fourth-order valence-electron chi connectivity index (χ4n) is 3.24. The molecule has 0 fully saturated rings. The van der Waals surface area contributed by atoms with Crippen molar-refractivity contribution < 1.29 is 5.11 Å². The van der Waals surface area contributed by atoms with E-state index in [0.29, 0.717) is 5.01 Å². The summed E-state index contributed by atoms with van der Waals surface area (Å²) in [5.41, 5.74) is 2.10. The van der Waals surface area contributed by atoms with Gasteiger partial charge in [-0.25, -0.2) is 9.97 Å². The number of fused-ring (bicyclic) bond motifs is 1. The molecule has 1 aliphatic rings. The highest BCUT2D eigenvalue weighted by molar-refractivity contribution is 7.10. The molecule has 0 saturated heterocycles. The van der Waals surface area contributed by atoms with Crippen molar-refractivity contribution in [3.8, 4) is 0 Å². The molecule has 0 saturated carbocycles. The van der Waals surface area contributed by atoms with E-state index in [4.69, 9.17) is 0 Å². The van der Waals surface area contributed by atoms with Crippen molar-refractivity contribution in [3.05, 3.63) is 52.2 Å². The SMILES string of the molecule is CC1(C)CN(c2ncns2)c2cc(C(C)(O)c3nccs3)ccc21. The summed E-state index contributed by atoms with van der Waals surface area (Å²) in [6, 6.07) is 6.19. The Hall–Kier alpha value is -1.83. The van der Waals surface area contributed by atoms with E-state index in [9.17, 15) is 5.11 Å². The minimum atomic E-state index is -1.11. The fourth-order valence-corrected chi connectivity index (χ4v) is 4.50. The zero-order chi connectivity index (χ0) is 16.9. The van der Waals surface area contributed by atoms with Crippen LogP contribution >= 0.6 is 22.9 Å². The van der Waals surface area contributed by atoms with Crippen LogP contribution < -0.4 is 4.90 Å². The molecule has 0 aliphatic carbocycles. The van der Waals surface area contributed by atoms with Crippen molar-refractivity contribution in [3.63, 3.8) is 0 Å². The standard InChI is InChI=1S/C17H18N4OS2/c1-16(2)9-21(15-19-10-20-24-15)13-8-11(4-5-12(13)16)17(3,22)14-18-6-7-23-14/h4-8,10,22H,9H2,1-3H3. The third-order valence-electron chi connectivity index (χ3n) is 4.56. The summed E-state index contributed by atoms with van der Waals surface area (Å²) in [4.78, 5) is 10.8. The van der Waals surface area contributed by atoms with Gasteiger partial charge in [-0.1, -0.05) is 26.0 Å². The van der Waals surface area contributed by atoms with Gasteiger partial charge >= 0.3 is 0 Å². The number of hydrogen-bond donors (Lipinski definition) is 1. The Morgan fingerprint density at radius 1 is 1.29 bits per heavy atom. The van der Waals surface area contributed by atoms with Gasteiger partial charge in [0.05, 0.1) is 0 Å². The van der Waals surface area contributed by atoms with Gasteiger partial charge in [-0.05, 0) is 24.1 Å². The second-order valence-electron chi connectivity index (χ2n) is 6.84. The smallest absolute Gasteiger partial charge is 0.209 e. The van der Waals surface area contributed by atoms with Crippen LogP contribution in [0.2, 0.25) is 0 Å². The van der Waals surface area contributed by atoms with Crippen molar-refractivity contribution >= 4 is 33.7 Å². The Morgan fingerprint density at radius 3 is 2.79 bits per heavy atom. The first-order valence-corrected chi connectivity index (χ1v) is 9.36. The summed E-state index contributed by atoms with van der Waals surface area (Å²) in [5, 5.41) is 14.5. The fraction of sp³-hybridized carbons (Fsp3) is 0.353. The summed E-state index contributed by atoms with van der Waals surface area (Å²) in [6.07, 6.45) is 3.30. The molecule has 2 aromatic heterocycles. The maximum atomic E-state index is 11.0. The van der Waals surface area contributed by atoms with Crippen molar-refractivity contribution in [1.29, 1.82) is 0 Å². The predicted molar refractivity (Wildman–Crippen MR) is 97.2 cm³/mol. The van der Waals surface area contributed by atoms with Crippen molar-refractivity contribution in [2.75, 3.05) is 11.4 Å². The monoisotopic (exact) mass is 358 g/mol. The van der Waals surface area contributed by atoms with Crippen LogP contribution in [0, 0.1) is 0 Å². The number of anilines is 2. The van der Waals surface area contributed by atoms with Crippen LogP contribution in [0.25, 0.3) is 0 Å². The number of nitrogens with zero attached hydrogens (tertiary/aromatic N) is 4. The summed E-state index contributed by atoms with van der Waals surface area (Å²) < 4.78 is 4.13. The Kier molecular flexibility index (Phi) is 3.49. The van der Waals surface area contributed by atoms with Crippen LogP contribution in [-0.2, 0) is 11.0 Å². The van der Waals surface area contributed by atoms with Crippen LogP contribution in [0.1, 0.15) is 36.9 Å². The first-order chi connectivity index (χ1) is 11.4. The van der Waals surface area contributed by atoms with Gasteiger partial charge in [-0.3, -0.25) is 0 Å². The molecule has 124 valence electrons. The third kappa shape index (κ3) is 2.35. The first-order valence-electron chi connectivity index (χ1n) is 7.71. The maximum Gasteiger partial charge on any atom is 0.209 e. The molecule has 0 spiro atoms. The number of aliphatic hydroxyl groups is 1. The molecule has 0 radical (unpaired) electrons. The molecule has 5 nitrogen and oxygen atoms in total. The Labute approximate surface area is 148 Å². The molecule has 4 rings (SSSR count). The van der Waals surface area contributed by atoms with E-state index in [0.717, 1.165) is 22.9 Å². The first kappa shape index (κ1) is 15.7. The molecular weight excluding hydrogens is 340 g/mol. The molecule has 24 heavy (non-hydrogen) atoms. The number of aromatic nitrogens is 3. The lowest BCUT2D eigenvalue weighted by molar-refractivity contribution is 0.102. The molecule has 1 atom stereocenters. The van der Waals surface area contributed by atoms with E-state index in [1.54, 1.807) is 19.4 Å². The van der Waals surface area contributed by atoms with Gasteiger partial charge in [0.2, 0.25) is 5.13 Å². The molecular formula is C17H18N4OS2. The second-order valence-corrected chi connectivity index (χ2v) is 8.49. The summed E-state index contributed by atoms with van der Waals surface area (Å²) in [7, 11) is 0. The topological polar surface area (TPSA) is 62.1 Å². The lowest BCUT2D eigenvalue weighted by Gasteiger charge is -2.23. The van der Waals surface area contributed by atoms with Crippen LogP contribution in [-0.4, -0.2) is 26.0 Å². The average Bonchev–Trinajstić information content (AvgIpc) is 3.27. The van der Waals surface area contributed by atoms with Crippen molar-refractivity contribution in [2.45, 2.75) is 31.8 Å². The van der Waals surface area contributed by atoms with Gasteiger partial charge in [-0.2, -0.15) is 4.37 Å². The number of benzene rings is 1. The molecule has 1 N–H and O–H groups in total. The molecule has 3 aromatic rings. The van der Waals surface area contributed by atoms with Crippen LogP contribution in [0.5, 0.6) is 0 Å². The highest BCUT2D eigenvalue weighted by Crippen LogP contribution is 2.46. The number of hydrogen-bond acceptors (Lipinski definition) is 7. The minimum absolute atomic E-state index is 0.0204. The van der Waals surface area contributed by atoms with E-state index in [2.05, 4.69) is 45.2 Å². The molecule has 0 bridgehead atoms. The van der Waals surface area contributed by atoms with Gasteiger partial charge < -0.3 is 10.0 Å². The molecule has 7 heteroatoms. The van der Waals surface area contributed by atoms with E-state index >= 15 is 0 Å². The van der Waals surface area contributed by atoms with Gasteiger partial charge in [0, 0.05) is 40.8 Å². The minimum Gasteiger partial charge on any atom is -0.378 e. The zero-order valence-electron chi connectivity index (χ0n) is 13.7. The van der Waals surface area contributed by atoms with E-state index in [1.807, 2.05) is 11.4 Å². The quantitative estimate of drug-likeness (QED) is 0.774. The Bertz CT molecular complexity index is 857. The number of thiazole rings is 1. The van der Waals surface area contributed by atoms with Crippen molar-refractivity contribution in [2.24, 2.45) is 0 Å². The lowest BCUT2D eigenvalue weighted by Crippen LogP contribution is -2.24. The largest absolute Gasteiger partial charge is 0.378 e. The highest BCUT2D eigenvalue weighted by atomic mass is 32.1. The third-order valence-corrected chi connectivity index (χ3v) is 6.24. The van der Waals surface area contributed by atoms with E-state index < -0.39 is 5.60 Å². The van der Waals surface area contributed by atoms with Gasteiger partial charge in [0.25, 0.3) is 0 Å². The highest BCUT2D eigenvalue weighted by Gasteiger charge is 2.39. The van der Waals surface area contributed by atoms with Gasteiger partial charge in [-0.15, -0.1) is 11.3 Å². The number of rotatable bonds is 3. The summed E-state index contributed by atoms with van der Waals surface area (Å²) in [6.45, 7) is 7.10. The lowest BCUT2D eigenvalue weighted by atomic mass is 9.85. The molecule has 1 aliphatic heterocycles. The second kappa shape index (κ2) is 5.34.